The molecule has 0 spiro atoms. The van der Waals surface area contributed by atoms with Gasteiger partial charge in [0.05, 0.1) is 6.61 Å². The molecule has 82 valence electrons. The lowest BCUT2D eigenvalue weighted by Gasteiger charge is -2.12. The second-order valence-corrected chi connectivity index (χ2v) is 4.48. The van der Waals surface area contributed by atoms with Gasteiger partial charge in [0.2, 0.25) is 0 Å². The highest BCUT2D eigenvalue weighted by atomic mass is 16.3. The molecule has 0 amide bonds. The van der Waals surface area contributed by atoms with E-state index in [-0.39, 0.29) is 6.61 Å². The Bertz CT molecular complexity index is 303. The van der Waals surface area contributed by atoms with E-state index in [9.17, 15) is 0 Å². The molecule has 0 aliphatic heterocycles. The fraction of sp³-hybridized carbons (Fsp3) is 0.538. The molecule has 1 aliphatic carbocycles. The molecular weight excluding hydrogens is 186 g/mol. The average Bonchev–Trinajstić information content (AvgIpc) is 3.10. The fourth-order valence-electron chi connectivity index (χ4n) is 1.80. The topological polar surface area (TPSA) is 32.3 Å². The Labute approximate surface area is 91.3 Å². The third kappa shape index (κ3) is 3.05. The zero-order valence-corrected chi connectivity index (χ0v) is 9.24. The molecule has 1 atom stereocenters. The standard InChI is InChI=1S/C13H19NO/c1-10(13-6-7-13)14-8-11-2-4-12(9-15)5-3-11/h2-5,10,13-15H,6-9H2,1H3. The lowest BCUT2D eigenvalue weighted by atomic mass is 10.1. The predicted octanol–water partition coefficient (Wildman–Crippen LogP) is 2.07. The second-order valence-electron chi connectivity index (χ2n) is 4.48. The van der Waals surface area contributed by atoms with E-state index in [1.807, 2.05) is 12.1 Å². The summed E-state index contributed by atoms with van der Waals surface area (Å²) in [7, 11) is 0. The van der Waals surface area contributed by atoms with E-state index < -0.39 is 0 Å². The molecule has 1 aromatic carbocycles. The van der Waals surface area contributed by atoms with Crippen LogP contribution in [-0.2, 0) is 13.2 Å². The molecule has 1 aromatic rings. The quantitative estimate of drug-likeness (QED) is 0.771. The van der Waals surface area contributed by atoms with E-state index in [1.54, 1.807) is 0 Å². The Morgan fingerprint density at radius 3 is 2.40 bits per heavy atom. The van der Waals surface area contributed by atoms with Gasteiger partial charge < -0.3 is 10.4 Å². The lowest BCUT2D eigenvalue weighted by molar-refractivity contribution is 0.282. The maximum Gasteiger partial charge on any atom is 0.0681 e. The van der Waals surface area contributed by atoms with Crippen molar-refractivity contribution in [2.24, 2.45) is 5.92 Å². The van der Waals surface area contributed by atoms with E-state index in [2.05, 4.69) is 24.4 Å². The first-order valence-corrected chi connectivity index (χ1v) is 5.71. The molecule has 0 bridgehead atoms. The molecular formula is C13H19NO. The van der Waals surface area contributed by atoms with Crippen LogP contribution in [0.5, 0.6) is 0 Å². The molecule has 2 rings (SSSR count). The van der Waals surface area contributed by atoms with E-state index in [4.69, 9.17) is 5.11 Å². The molecule has 0 radical (unpaired) electrons. The van der Waals surface area contributed by atoms with Crippen LogP contribution in [0.25, 0.3) is 0 Å². The monoisotopic (exact) mass is 205 g/mol. The summed E-state index contributed by atoms with van der Waals surface area (Å²) in [6.07, 6.45) is 2.77. The molecule has 0 saturated heterocycles. The smallest absolute Gasteiger partial charge is 0.0681 e. The number of hydrogen-bond acceptors (Lipinski definition) is 2. The van der Waals surface area contributed by atoms with Crippen molar-refractivity contribution in [3.8, 4) is 0 Å². The fourth-order valence-corrected chi connectivity index (χ4v) is 1.80. The molecule has 15 heavy (non-hydrogen) atoms. The Balaban J connectivity index is 1.81. The van der Waals surface area contributed by atoms with Crippen LogP contribution in [0.2, 0.25) is 0 Å². The summed E-state index contributed by atoms with van der Waals surface area (Å²) in [5.41, 5.74) is 2.27. The zero-order chi connectivity index (χ0) is 10.7. The molecule has 1 unspecified atom stereocenters. The Hall–Kier alpha value is -0.860. The van der Waals surface area contributed by atoms with Crippen LogP contribution in [0.3, 0.4) is 0 Å². The van der Waals surface area contributed by atoms with Crippen LogP contribution in [0, 0.1) is 5.92 Å². The summed E-state index contributed by atoms with van der Waals surface area (Å²) in [4.78, 5) is 0. The lowest BCUT2D eigenvalue weighted by Crippen LogP contribution is -2.27. The Kier molecular flexibility index (Phi) is 3.39. The van der Waals surface area contributed by atoms with Gasteiger partial charge in [0, 0.05) is 12.6 Å². The highest BCUT2D eigenvalue weighted by molar-refractivity contribution is 5.21. The van der Waals surface area contributed by atoms with E-state index >= 15 is 0 Å². The average molecular weight is 205 g/mol. The van der Waals surface area contributed by atoms with Gasteiger partial charge in [0.1, 0.15) is 0 Å². The minimum Gasteiger partial charge on any atom is -0.392 e. The predicted molar refractivity (Wildman–Crippen MR) is 61.4 cm³/mol. The highest BCUT2D eigenvalue weighted by Gasteiger charge is 2.27. The van der Waals surface area contributed by atoms with Crippen LogP contribution in [0.15, 0.2) is 24.3 Å². The third-order valence-electron chi connectivity index (χ3n) is 3.16. The molecule has 2 nitrogen and oxygen atoms in total. The van der Waals surface area contributed by atoms with Gasteiger partial charge in [-0.3, -0.25) is 0 Å². The van der Waals surface area contributed by atoms with Crippen LogP contribution in [0.4, 0.5) is 0 Å². The molecule has 1 saturated carbocycles. The van der Waals surface area contributed by atoms with Crippen molar-refractivity contribution >= 4 is 0 Å². The van der Waals surface area contributed by atoms with Crippen LogP contribution in [0.1, 0.15) is 30.9 Å². The number of aliphatic hydroxyl groups is 1. The maximum atomic E-state index is 8.91. The first-order valence-electron chi connectivity index (χ1n) is 5.71. The van der Waals surface area contributed by atoms with Gasteiger partial charge in [-0.2, -0.15) is 0 Å². The molecule has 1 aliphatic rings. The molecule has 2 N–H and O–H groups in total. The summed E-state index contributed by atoms with van der Waals surface area (Å²) in [5, 5.41) is 12.4. The molecule has 0 aromatic heterocycles. The van der Waals surface area contributed by atoms with Crippen molar-refractivity contribution in [3.63, 3.8) is 0 Å². The summed E-state index contributed by atoms with van der Waals surface area (Å²) < 4.78 is 0. The van der Waals surface area contributed by atoms with E-state index in [0.29, 0.717) is 6.04 Å². The first kappa shape index (κ1) is 10.7. The maximum absolute atomic E-state index is 8.91. The number of nitrogens with one attached hydrogen (secondary N) is 1. The van der Waals surface area contributed by atoms with Gasteiger partial charge in [-0.1, -0.05) is 24.3 Å². The van der Waals surface area contributed by atoms with E-state index in [0.717, 1.165) is 18.0 Å². The third-order valence-corrected chi connectivity index (χ3v) is 3.16. The van der Waals surface area contributed by atoms with Gasteiger partial charge in [0.25, 0.3) is 0 Å². The van der Waals surface area contributed by atoms with Gasteiger partial charge in [-0.05, 0) is 36.8 Å². The van der Waals surface area contributed by atoms with Gasteiger partial charge in [-0.25, -0.2) is 0 Å². The van der Waals surface area contributed by atoms with Crippen molar-refractivity contribution in [3.05, 3.63) is 35.4 Å². The number of hydrogen-bond donors (Lipinski definition) is 2. The minimum absolute atomic E-state index is 0.131. The van der Waals surface area contributed by atoms with Crippen LogP contribution in [-0.4, -0.2) is 11.1 Å². The zero-order valence-electron chi connectivity index (χ0n) is 9.24. The summed E-state index contributed by atoms with van der Waals surface area (Å²) in [6, 6.07) is 8.77. The largest absolute Gasteiger partial charge is 0.392 e. The van der Waals surface area contributed by atoms with Gasteiger partial charge in [0.15, 0.2) is 0 Å². The van der Waals surface area contributed by atoms with Crippen molar-refractivity contribution in [2.75, 3.05) is 0 Å². The van der Waals surface area contributed by atoms with Crippen LogP contribution < -0.4 is 5.32 Å². The number of aliphatic hydroxyl groups excluding tert-OH is 1. The molecule has 2 heteroatoms. The van der Waals surface area contributed by atoms with Crippen molar-refractivity contribution in [1.82, 2.24) is 5.32 Å². The Morgan fingerprint density at radius 1 is 1.27 bits per heavy atom. The molecule has 1 fully saturated rings. The van der Waals surface area contributed by atoms with E-state index in [1.165, 1.54) is 18.4 Å². The number of benzene rings is 1. The molecule has 0 heterocycles. The summed E-state index contributed by atoms with van der Waals surface area (Å²) >= 11 is 0. The highest BCUT2D eigenvalue weighted by Crippen LogP contribution is 2.32. The van der Waals surface area contributed by atoms with Gasteiger partial charge in [-0.15, -0.1) is 0 Å². The number of rotatable bonds is 5. The second kappa shape index (κ2) is 4.77. The van der Waals surface area contributed by atoms with Crippen LogP contribution >= 0.6 is 0 Å². The summed E-state index contributed by atoms with van der Waals surface area (Å²) in [5.74, 6) is 0.904. The Morgan fingerprint density at radius 2 is 1.87 bits per heavy atom. The SMILES string of the molecule is CC(NCc1ccc(CO)cc1)C1CC1. The van der Waals surface area contributed by atoms with Gasteiger partial charge >= 0.3 is 0 Å². The van der Waals surface area contributed by atoms with Crippen molar-refractivity contribution in [2.45, 2.75) is 39.0 Å². The minimum atomic E-state index is 0.131. The van der Waals surface area contributed by atoms with Crippen molar-refractivity contribution in [1.29, 1.82) is 0 Å². The summed E-state index contributed by atoms with van der Waals surface area (Å²) in [6.45, 7) is 3.33. The normalized spacial score (nSPS) is 17.7. The van der Waals surface area contributed by atoms with Crippen molar-refractivity contribution < 1.29 is 5.11 Å². The first-order chi connectivity index (χ1) is 7.29.